The number of aromatic hydroxyl groups is 1. The van der Waals surface area contributed by atoms with Crippen LogP contribution in [0.3, 0.4) is 0 Å². The van der Waals surface area contributed by atoms with E-state index in [1.165, 1.54) is 14.2 Å². The van der Waals surface area contributed by atoms with Crippen LogP contribution < -0.4 is 9.47 Å². The molecule has 1 aromatic heterocycles. The summed E-state index contributed by atoms with van der Waals surface area (Å²) in [5.74, 6) is 0.556. The molecule has 0 amide bonds. The van der Waals surface area contributed by atoms with Gasteiger partial charge in [0.15, 0.2) is 0 Å². The second-order valence-corrected chi connectivity index (χ2v) is 4.47. The highest BCUT2D eigenvalue weighted by Crippen LogP contribution is 2.36. The number of ether oxygens (including phenoxy) is 2. The van der Waals surface area contributed by atoms with Crippen molar-refractivity contribution in [3.63, 3.8) is 0 Å². The summed E-state index contributed by atoms with van der Waals surface area (Å²) in [6, 6.07) is 13.2. The van der Waals surface area contributed by atoms with Gasteiger partial charge in [0.05, 0.1) is 19.9 Å². The first-order valence-corrected chi connectivity index (χ1v) is 6.41. The molecular formula is C16H14N2O3. The van der Waals surface area contributed by atoms with Crippen LogP contribution in [0.1, 0.15) is 0 Å². The van der Waals surface area contributed by atoms with E-state index < -0.39 is 0 Å². The van der Waals surface area contributed by atoms with E-state index in [1.807, 2.05) is 36.4 Å². The van der Waals surface area contributed by atoms with Crippen molar-refractivity contribution in [1.29, 1.82) is 0 Å². The summed E-state index contributed by atoms with van der Waals surface area (Å²) in [6.45, 7) is 0. The molecule has 0 aliphatic heterocycles. The first-order valence-electron chi connectivity index (χ1n) is 6.41. The number of phenolic OH excluding ortho intramolecular Hbond substituents is 1. The van der Waals surface area contributed by atoms with Gasteiger partial charge in [-0.25, -0.2) is 0 Å². The van der Waals surface area contributed by atoms with Gasteiger partial charge in [0.25, 0.3) is 0 Å². The van der Waals surface area contributed by atoms with Gasteiger partial charge in [0.2, 0.25) is 5.88 Å². The Labute approximate surface area is 121 Å². The molecule has 0 saturated carbocycles. The van der Waals surface area contributed by atoms with Gasteiger partial charge in [-0.1, -0.05) is 30.3 Å². The monoisotopic (exact) mass is 282 g/mol. The van der Waals surface area contributed by atoms with Gasteiger partial charge in [0.1, 0.15) is 5.75 Å². The van der Waals surface area contributed by atoms with Crippen LogP contribution in [0, 0.1) is 0 Å². The fourth-order valence-electron chi connectivity index (χ4n) is 2.20. The Balaban J connectivity index is 2.22. The van der Waals surface area contributed by atoms with E-state index in [9.17, 15) is 5.11 Å². The smallest absolute Gasteiger partial charge is 0.320 e. The van der Waals surface area contributed by atoms with Gasteiger partial charge >= 0.3 is 6.01 Å². The van der Waals surface area contributed by atoms with Crippen molar-refractivity contribution in [2.75, 3.05) is 14.2 Å². The number of phenols is 1. The second-order valence-electron chi connectivity index (χ2n) is 4.47. The van der Waals surface area contributed by atoms with E-state index in [-0.39, 0.29) is 11.8 Å². The first-order chi connectivity index (χ1) is 10.2. The van der Waals surface area contributed by atoms with Gasteiger partial charge < -0.3 is 14.6 Å². The highest BCUT2D eigenvalue weighted by atomic mass is 16.5. The highest BCUT2D eigenvalue weighted by molar-refractivity contribution is 5.94. The molecule has 1 N–H and O–H groups in total. The average molecular weight is 282 g/mol. The number of fused-ring (bicyclic) bond motifs is 1. The van der Waals surface area contributed by atoms with Crippen LogP contribution in [0.4, 0.5) is 0 Å². The zero-order valence-electron chi connectivity index (χ0n) is 11.7. The number of rotatable bonds is 3. The highest BCUT2D eigenvalue weighted by Gasteiger charge is 2.13. The molecule has 5 nitrogen and oxygen atoms in total. The molecule has 3 rings (SSSR count). The lowest BCUT2D eigenvalue weighted by Gasteiger charge is -2.09. The van der Waals surface area contributed by atoms with E-state index in [0.29, 0.717) is 17.1 Å². The van der Waals surface area contributed by atoms with E-state index in [1.54, 1.807) is 6.07 Å². The molecule has 0 atom stereocenters. The maximum atomic E-state index is 10.5. The van der Waals surface area contributed by atoms with Gasteiger partial charge in [-0.15, -0.1) is 0 Å². The molecular weight excluding hydrogens is 268 g/mol. The standard InChI is InChI=1S/C16H14N2O3/c1-20-14-9-13(17-16(18-14)21-2)12-8-7-10-5-3-4-6-11(10)15(12)19/h3-9,19H,1-2H3. The lowest BCUT2D eigenvalue weighted by molar-refractivity contribution is 0.352. The average Bonchev–Trinajstić information content (AvgIpc) is 2.55. The number of nitrogens with zero attached hydrogens (tertiary/aromatic N) is 2. The largest absolute Gasteiger partial charge is 0.507 e. The summed E-state index contributed by atoms with van der Waals surface area (Å²) in [4.78, 5) is 8.32. The number of methoxy groups -OCH3 is 2. The van der Waals surface area contributed by atoms with Gasteiger partial charge in [-0.05, 0) is 11.5 Å². The Kier molecular flexibility index (Phi) is 3.31. The molecule has 0 fully saturated rings. The molecule has 0 bridgehead atoms. The van der Waals surface area contributed by atoms with E-state index >= 15 is 0 Å². The molecule has 0 radical (unpaired) electrons. The Morgan fingerprint density at radius 2 is 1.76 bits per heavy atom. The summed E-state index contributed by atoms with van der Waals surface area (Å²) in [6.07, 6.45) is 0. The lowest BCUT2D eigenvalue weighted by Crippen LogP contribution is -1.97. The Hall–Kier alpha value is -2.82. The zero-order chi connectivity index (χ0) is 14.8. The summed E-state index contributed by atoms with van der Waals surface area (Å²) >= 11 is 0. The van der Waals surface area contributed by atoms with Crippen LogP contribution in [-0.2, 0) is 0 Å². The third kappa shape index (κ3) is 2.33. The lowest BCUT2D eigenvalue weighted by atomic mass is 10.0. The third-order valence-electron chi connectivity index (χ3n) is 3.25. The molecule has 0 spiro atoms. The van der Waals surface area contributed by atoms with Crippen LogP contribution in [0.25, 0.3) is 22.0 Å². The van der Waals surface area contributed by atoms with Crippen LogP contribution in [0.5, 0.6) is 17.6 Å². The minimum atomic E-state index is 0.177. The van der Waals surface area contributed by atoms with E-state index in [0.717, 1.165) is 10.8 Å². The molecule has 2 aromatic carbocycles. The molecule has 0 unspecified atom stereocenters. The summed E-state index contributed by atoms with van der Waals surface area (Å²) in [5.41, 5.74) is 1.15. The Bertz CT molecular complexity index is 780. The quantitative estimate of drug-likeness (QED) is 0.800. The summed E-state index contributed by atoms with van der Waals surface area (Å²) < 4.78 is 10.2. The predicted octanol–water partition coefficient (Wildman–Crippen LogP) is 3.02. The summed E-state index contributed by atoms with van der Waals surface area (Å²) in [5, 5.41) is 12.2. The summed E-state index contributed by atoms with van der Waals surface area (Å²) in [7, 11) is 3.00. The topological polar surface area (TPSA) is 64.5 Å². The number of benzene rings is 2. The zero-order valence-corrected chi connectivity index (χ0v) is 11.7. The molecule has 106 valence electrons. The van der Waals surface area contributed by atoms with E-state index in [4.69, 9.17) is 9.47 Å². The number of aromatic nitrogens is 2. The number of hydrogen-bond acceptors (Lipinski definition) is 5. The minimum absolute atomic E-state index is 0.177. The maximum Gasteiger partial charge on any atom is 0.320 e. The third-order valence-corrected chi connectivity index (χ3v) is 3.25. The Morgan fingerprint density at radius 3 is 2.52 bits per heavy atom. The minimum Gasteiger partial charge on any atom is -0.507 e. The number of hydrogen-bond donors (Lipinski definition) is 1. The molecule has 3 aromatic rings. The van der Waals surface area contributed by atoms with Crippen molar-refractivity contribution < 1.29 is 14.6 Å². The van der Waals surface area contributed by atoms with Gasteiger partial charge in [-0.2, -0.15) is 9.97 Å². The van der Waals surface area contributed by atoms with Crippen molar-refractivity contribution in [3.8, 4) is 28.9 Å². The van der Waals surface area contributed by atoms with Crippen LogP contribution in [0.2, 0.25) is 0 Å². The van der Waals surface area contributed by atoms with Crippen molar-refractivity contribution in [2.24, 2.45) is 0 Å². The predicted molar refractivity (Wildman–Crippen MR) is 79.7 cm³/mol. The first kappa shape index (κ1) is 13.2. The van der Waals surface area contributed by atoms with Crippen LogP contribution in [0.15, 0.2) is 42.5 Å². The Morgan fingerprint density at radius 1 is 0.952 bits per heavy atom. The molecule has 21 heavy (non-hydrogen) atoms. The SMILES string of the molecule is COc1cc(-c2ccc3ccccc3c2O)nc(OC)n1. The van der Waals surface area contributed by atoms with E-state index in [2.05, 4.69) is 9.97 Å². The molecule has 5 heteroatoms. The van der Waals surface area contributed by atoms with Gasteiger partial charge in [0, 0.05) is 17.0 Å². The van der Waals surface area contributed by atoms with Crippen molar-refractivity contribution in [2.45, 2.75) is 0 Å². The molecule has 0 saturated heterocycles. The van der Waals surface area contributed by atoms with Gasteiger partial charge in [-0.3, -0.25) is 0 Å². The fraction of sp³-hybridized carbons (Fsp3) is 0.125. The maximum absolute atomic E-state index is 10.5. The second kappa shape index (κ2) is 5.28. The molecule has 0 aliphatic carbocycles. The van der Waals surface area contributed by atoms with Crippen molar-refractivity contribution in [3.05, 3.63) is 42.5 Å². The van der Waals surface area contributed by atoms with Crippen LogP contribution in [-0.4, -0.2) is 29.3 Å². The molecule has 0 aliphatic rings. The molecule has 1 heterocycles. The van der Waals surface area contributed by atoms with Crippen LogP contribution >= 0.6 is 0 Å². The van der Waals surface area contributed by atoms with Crippen molar-refractivity contribution in [1.82, 2.24) is 9.97 Å². The normalized spacial score (nSPS) is 10.6. The fourth-order valence-corrected chi connectivity index (χ4v) is 2.20. The van der Waals surface area contributed by atoms with Crippen molar-refractivity contribution >= 4 is 10.8 Å².